The van der Waals surface area contributed by atoms with Crippen LogP contribution in [0.4, 0.5) is 0 Å². The van der Waals surface area contributed by atoms with E-state index < -0.39 is 0 Å². The fourth-order valence-corrected chi connectivity index (χ4v) is 3.76. The van der Waals surface area contributed by atoms with Crippen molar-refractivity contribution in [2.45, 2.75) is 39.7 Å². The topological polar surface area (TPSA) is 32.3 Å². The van der Waals surface area contributed by atoms with Crippen LogP contribution in [0.2, 0.25) is 0 Å². The molecule has 0 spiro atoms. The highest BCUT2D eigenvalue weighted by Crippen LogP contribution is 2.23. The normalized spacial score (nSPS) is 15.8. The summed E-state index contributed by atoms with van der Waals surface area (Å²) in [6, 6.07) is 18.9. The zero-order valence-electron chi connectivity index (χ0n) is 16.7. The van der Waals surface area contributed by atoms with Crippen LogP contribution >= 0.6 is 0 Å². The predicted octanol–water partition coefficient (Wildman–Crippen LogP) is 4.53. The van der Waals surface area contributed by atoms with Crippen LogP contribution < -0.4 is 5.32 Å². The summed E-state index contributed by atoms with van der Waals surface area (Å²) in [7, 11) is 0. The summed E-state index contributed by atoms with van der Waals surface area (Å²) >= 11 is 0. The van der Waals surface area contributed by atoms with Crippen molar-refractivity contribution in [1.82, 2.24) is 10.2 Å². The molecule has 0 unspecified atom stereocenters. The first kappa shape index (κ1) is 19.6. The van der Waals surface area contributed by atoms with Gasteiger partial charge in [-0.2, -0.15) is 0 Å². The Morgan fingerprint density at radius 2 is 1.74 bits per heavy atom. The van der Waals surface area contributed by atoms with Crippen molar-refractivity contribution in [3.63, 3.8) is 0 Å². The Morgan fingerprint density at radius 1 is 1.04 bits per heavy atom. The van der Waals surface area contributed by atoms with Crippen LogP contribution in [0.25, 0.3) is 0 Å². The van der Waals surface area contributed by atoms with Gasteiger partial charge in [0.1, 0.15) is 0 Å². The van der Waals surface area contributed by atoms with Gasteiger partial charge in [0.2, 0.25) is 0 Å². The molecule has 0 bridgehead atoms. The second-order valence-corrected chi connectivity index (χ2v) is 8.21. The maximum absolute atomic E-state index is 12.3. The molecule has 0 aliphatic carbocycles. The lowest BCUT2D eigenvalue weighted by Gasteiger charge is -2.32. The molecule has 0 aromatic heterocycles. The van der Waals surface area contributed by atoms with Gasteiger partial charge in [-0.3, -0.25) is 9.69 Å². The third kappa shape index (κ3) is 6.21. The molecule has 1 aliphatic rings. The number of nitrogens with one attached hydrogen (secondary N) is 1. The molecule has 27 heavy (non-hydrogen) atoms. The highest BCUT2D eigenvalue weighted by Gasteiger charge is 2.19. The number of nitrogens with zero attached hydrogens (tertiary/aromatic N) is 1. The predicted molar refractivity (Wildman–Crippen MR) is 112 cm³/mol. The number of benzene rings is 2. The van der Waals surface area contributed by atoms with Crippen molar-refractivity contribution in [3.05, 3.63) is 71.3 Å². The van der Waals surface area contributed by atoms with Crippen molar-refractivity contribution in [1.29, 1.82) is 0 Å². The van der Waals surface area contributed by atoms with Gasteiger partial charge in [-0.1, -0.05) is 56.3 Å². The molecule has 1 aliphatic heterocycles. The molecule has 1 N–H and O–H groups in total. The molecule has 0 saturated carbocycles. The Kier molecular flexibility index (Phi) is 7.05. The van der Waals surface area contributed by atoms with Crippen LogP contribution in [0, 0.1) is 11.8 Å². The van der Waals surface area contributed by atoms with E-state index in [0.29, 0.717) is 5.92 Å². The second kappa shape index (κ2) is 9.70. The summed E-state index contributed by atoms with van der Waals surface area (Å²) in [6.45, 7) is 8.15. The van der Waals surface area contributed by atoms with Crippen LogP contribution in [-0.4, -0.2) is 30.4 Å². The van der Waals surface area contributed by atoms with Gasteiger partial charge >= 0.3 is 0 Å². The summed E-state index contributed by atoms with van der Waals surface area (Å²) in [4.78, 5) is 14.8. The molecule has 1 amide bonds. The van der Waals surface area contributed by atoms with Crippen LogP contribution in [0.1, 0.15) is 48.2 Å². The van der Waals surface area contributed by atoms with Gasteiger partial charge in [0.15, 0.2) is 0 Å². The summed E-state index contributed by atoms with van der Waals surface area (Å²) in [6.07, 6.45) is 3.70. The van der Waals surface area contributed by atoms with Gasteiger partial charge in [0.25, 0.3) is 5.91 Å². The molecule has 3 heteroatoms. The number of hydrogen-bond acceptors (Lipinski definition) is 2. The van der Waals surface area contributed by atoms with E-state index in [1.165, 1.54) is 30.4 Å². The van der Waals surface area contributed by atoms with E-state index >= 15 is 0 Å². The number of hydrogen-bond donors (Lipinski definition) is 1. The summed E-state index contributed by atoms with van der Waals surface area (Å²) in [5.41, 5.74) is 3.46. The molecular formula is C24H32N2O. The number of carbonyl (C=O) groups excluding carboxylic acids is 1. The SMILES string of the molecule is CC(C)CNC(=O)c1cccc(CN2CCC(Cc3ccccc3)CC2)c1. The van der Waals surface area contributed by atoms with E-state index in [-0.39, 0.29) is 5.91 Å². The Labute approximate surface area is 163 Å². The number of amides is 1. The van der Waals surface area contributed by atoms with Crippen LogP contribution in [0.15, 0.2) is 54.6 Å². The number of carbonyl (C=O) groups is 1. The maximum Gasteiger partial charge on any atom is 0.251 e. The van der Waals surface area contributed by atoms with Crippen LogP contribution in [-0.2, 0) is 13.0 Å². The van der Waals surface area contributed by atoms with Crippen molar-refractivity contribution in [2.75, 3.05) is 19.6 Å². The average Bonchev–Trinajstić information content (AvgIpc) is 2.68. The highest BCUT2D eigenvalue weighted by atomic mass is 16.1. The van der Waals surface area contributed by atoms with Gasteiger partial charge in [0.05, 0.1) is 0 Å². The number of piperidine rings is 1. The van der Waals surface area contributed by atoms with E-state index in [1.807, 2.05) is 18.2 Å². The van der Waals surface area contributed by atoms with E-state index in [2.05, 4.69) is 60.5 Å². The molecule has 0 radical (unpaired) electrons. The molecule has 144 valence electrons. The van der Waals surface area contributed by atoms with Crippen LogP contribution in [0.5, 0.6) is 0 Å². The third-order valence-electron chi connectivity index (χ3n) is 5.34. The van der Waals surface area contributed by atoms with Crippen molar-refractivity contribution < 1.29 is 4.79 Å². The molecule has 1 fully saturated rings. The Balaban J connectivity index is 1.49. The van der Waals surface area contributed by atoms with E-state index in [9.17, 15) is 4.79 Å². The molecule has 2 aromatic rings. The maximum atomic E-state index is 12.3. The molecular weight excluding hydrogens is 332 g/mol. The van der Waals surface area contributed by atoms with E-state index in [4.69, 9.17) is 0 Å². The van der Waals surface area contributed by atoms with Crippen molar-refractivity contribution in [3.8, 4) is 0 Å². The first-order chi connectivity index (χ1) is 13.1. The van der Waals surface area contributed by atoms with Gasteiger partial charge in [-0.05, 0) is 67.4 Å². The zero-order chi connectivity index (χ0) is 19.1. The zero-order valence-corrected chi connectivity index (χ0v) is 16.7. The number of likely N-dealkylation sites (tertiary alicyclic amines) is 1. The quantitative estimate of drug-likeness (QED) is 0.783. The lowest BCUT2D eigenvalue weighted by molar-refractivity contribution is 0.0948. The fourth-order valence-electron chi connectivity index (χ4n) is 3.76. The van der Waals surface area contributed by atoms with Crippen molar-refractivity contribution in [2.24, 2.45) is 11.8 Å². The standard InChI is InChI=1S/C24H32N2O/c1-19(2)17-25-24(27)23-10-6-9-22(16-23)18-26-13-11-21(12-14-26)15-20-7-4-3-5-8-20/h3-10,16,19,21H,11-15,17-18H2,1-2H3,(H,25,27). The third-order valence-corrected chi connectivity index (χ3v) is 5.34. The minimum atomic E-state index is 0.0344. The Morgan fingerprint density at radius 3 is 2.44 bits per heavy atom. The molecule has 2 aromatic carbocycles. The molecule has 3 nitrogen and oxygen atoms in total. The summed E-state index contributed by atoms with van der Waals surface area (Å²) < 4.78 is 0. The van der Waals surface area contributed by atoms with Crippen molar-refractivity contribution >= 4 is 5.91 Å². The van der Waals surface area contributed by atoms with Gasteiger partial charge in [-0.15, -0.1) is 0 Å². The second-order valence-electron chi connectivity index (χ2n) is 8.21. The summed E-state index contributed by atoms with van der Waals surface area (Å²) in [5, 5.41) is 3.01. The average molecular weight is 365 g/mol. The van der Waals surface area contributed by atoms with E-state index in [1.54, 1.807) is 0 Å². The molecule has 1 heterocycles. The largest absolute Gasteiger partial charge is 0.352 e. The van der Waals surface area contributed by atoms with Gasteiger partial charge < -0.3 is 5.32 Å². The lowest BCUT2D eigenvalue weighted by Crippen LogP contribution is -2.34. The van der Waals surface area contributed by atoms with Gasteiger partial charge in [-0.25, -0.2) is 0 Å². The Bertz CT molecular complexity index is 718. The number of rotatable bonds is 7. The first-order valence-electron chi connectivity index (χ1n) is 10.2. The lowest BCUT2D eigenvalue weighted by atomic mass is 9.90. The smallest absolute Gasteiger partial charge is 0.251 e. The highest BCUT2D eigenvalue weighted by molar-refractivity contribution is 5.94. The molecule has 1 saturated heterocycles. The first-order valence-corrected chi connectivity index (χ1v) is 10.2. The minimum absolute atomic E-state index is 0.0344. The van der Waals surface area contributed by atoms with Gasteiger partial charge in [0, 0.05) is 18.7 Å². The fraction of sp³-hybridized carbons (Fsp3) is 0.458. The van der Waals surface area contributed by atoms with Crippen LogP contribution in [0.3, 0.4) is 0 Å². The molecule has 3 rings (SSSR count). The summed E-state index contributed by atoms with van der Waals surface area (Å²) in [5.74, 6) is 1.29. The molecule has 0 atom stereocenters. The minimum Gasteiger partial charge on any atom is -0.352 e. The van der Waals surface area contributed by atoms with E-state index in [0.717, 1.165) is 37.7 Å². The monoisotopic (exact) mass is 364 g/mol. The Hall–Kier alpha value is -2.13.